The Kier molecular flexibility index (Phi) is 4.10. The number of benzene rings is 1. The number of hydrogen-bond acceptors (Lipinski definition) is 2. The highest BCUT2D eigenvalue weighted by Crippen LogP contribution is 2.37. The Morgan fingerprint density at radius 2 is 2.18 bits per heavy atom. The second-order valence-electron chi connectivity index (χ2n) is 6.92. The molecule has 114 valence electrons. The number of nitrogens with zero attached hydrogens (tertiary/aromatic N) is 1. The molecule has 0 saturated heterocycles. The first-order valence-electron chi connectivity index (χ1n) is 8.67. The highest BCUT2D eigenvalue weighted by atomic mass is 32.1. The van der Waals surface area contributed by atoms with Gasteiger partial charge in [0.15, 0.2) is 0 Å². The van der Waals surface area contributed by atoms with Gasteiger partial charge in [0.25, 0.3) is 0 Å². The van der Waals surface area contributed by atoms with Gasteiger partial charge < -0.3 is 0 Å². The van der Waals surface area contributed by atoms with Crippen LogP contribution in [0.5, 0.6) is 0 Å². The second kappa shape index (κ2) is 6.21. The van der Waals surface area contributed by atoms with E-state index in [0.29, 0.717) is 0 Å². The molecule has 0 N–H and O–H groups in total. The van der Waals surface area contributed by atoms with Crippen LogP contribution in [0.3, 0.4) is 0 Å². The Morgan fingerprint density at radius 3 is 3.14 bits per heavy atom. The van der Waals surface area contributed by atoms with Gasteiger partial charge in [0.05, 0.1) is 0 Å². The molecule has 1 atom stereocenters. The van der Waals surface area contributed by atoms with Crippen molar-refractivity contribution < 1.29 is 0 Å². The predicted octanol–water partition coefficient (Wildman–Crippen LogP) is 2.87. The molecule has 1 aliphatic carbocycles. The Morgan fingerprint density at radius 1 is 1.23 bits per heavy atom. The predicted molar refractivity (Wildman–Crippen MR) is 98.2 cm³/mol. The smallest absolute Gasteiger partial charge is 0.139 e. The summed E-state index contributed by atoms with van der Waals surface area (Å²) >= 11 is 1.97. The average molecular weight is 309 g/mol. The van der Waals surface area contributed by atoms with Crippen LogP contribution in [0, 0.1) is 0 Å². The Labute approximate surface area is 138 Å². The summed E-state index contributed by atoms with van der Waals surface area (Å²) in [5.74, 6) is 0.814. The Bertz CT molecular complexity index is 663. The number of aryl methyl sites for hydroxylation is 1. The van der Waals surface area contributed by atoms with Crippen LogP contribution in [0.1, 0.15) is 46.7 Å². The van der Waals surface area contributed by atoms with Crippen molar-refractivity contribution in [2.45, 2.75) is 44.6 Å². The minimum Gasteiger partial charge on any atom is -0.299 e. The van der Waals surface area contributed by atoms with E-state index in [-0.39, 0.29) is 0 Å². The van der Waals surface area contributed by atoms with Crippen LogP contribution >= 0.6 is 11.3 Å². The van der Waals surface area contributed by atoms with Crippen molar-refractivity contribution in [3.63, 3.8) is 0 Å². The van der Waals surface area contributed by atoms with Crippen LogP contribution in [0.15, 0.2) is 29.6 Å². The number of hydrogen-bond donors (Lipinski definition) is 0. The SMILES string of the molecule is Bc1cccc2c1CCN(CCC1CCCc3sccc31)C2. The molecule has 0 spiro atoms. The van der Waals surface area contributed by atoms with E-state index in [0.717, 1.165) is 12.5 Å². The summed E-state index contributed by atoms with van der Waals surface area (Å²) in [6, 6.07) is 9.19. The van der Waals surface area contributed by atoms with E-state index in [9.17, 15) is 0 Å². The van der Waals surface area contributed by atoms with Crippen molar-refractivity contribution in [1.82, 2.24) is 4.90 Å². The second-order valence-corrected chi connectivity index (χ2v) is 7.92. The number of rotatable bonds is 3. The molecule has 2 aromatic rings. The topological polar surface area (TPSA) is 3.24 Å². The molecule has 0 saturated carbocycles. The van der Waals surface area contributed by atoms with Crippen molar-refractivity contribution in [2.75, 3.05) is 13.1 Å². The maximum Gasteiger partial charge on any atom is 0.139 e. The van der Waals surface area contributed by atoms with Gasteiger partial charge in [-0.3, -0.25) is 4.90 Å². The van der Waals surface area contributed by atoms with E-state index in [1.807, 2.05) is 11.3 Å². The van der Waals surface area contributed by atoms with Crippen LogP contribution in [-0.2, 0) is 19.4 Å². The Balaban J connectivity index is 1.40. The van der Waals surface area contributed by atoms with Crippen molar-refractivity contribution in [1.29, 1.82) is 0 Å². The minimum atomic E-state index is 0.814. The van der Waals surface area contributed by atoms with Gasteiger partial charge in [-0.1, -0.05) is 23.7 Å². The number of fused-ring (bicyclic) bond motifs is 2. The molecule has 22 heavy (non-hydrogen) atoms. The summed E-state index contributed by atoms with van der Waals surface area (Å²) in [5, 5.41) is 2.29. The van der Waals surface area contributed by atoms with E-state index in [1.165, 1.54) is 50.7 Å². The van der Waals surface area contributed by atoms with Crippen LogP contribution in [0.25, 0.3) is 0 Å². The van der Waals surface area contributed by atoms with E-state index in [1.54, 1.807) is 21.6 Å². The highest BCUT2D eigenvalue weighted by Gasteiger charge is 2.23. The van der Waals surface area contributed by atoms with Crippen molar-refractivity contribution in [3.05, 3.63) is 51.2 Å². The highest BCUT2D eigenvalue weighted by molar-refractivity contribution is 7.10. The molecule has 1 aromatic heterocycles. The lowest BCUT2D eigenvalue weighted by Crippen LogP contribution is -2.34. The van der Waals surface area contributed by atoms with Crippen LogP contribution < -0.4 is 5.46 Å². The Hall–Kier alpha value is -1.06. The normalized spacial score (nSPS) is 21.4. The van der Waals surface area contributed by atoms with E-state index >= 15 is 0 Å². The van der Waals surface area contributed by atoms with Crippen molar-refractivity contribution in [2.24, 2.45) is 0 Å². The fourth-order valence-electron chi connectivity index (χ4n) is 4.27. The third-order valence-corrected chi connectivity index (χ3v) is 6.55. The first-order valence-corrected chi connectivity index (χ1v) is 9.55. The van der Waals surface area contributed by atoms with E-state index in [4.69, 9.17) is 0 Å². The van der Waals surface area contributed by atoms with E-state index < -0.39 is 0 Å². The minimum absolute atomic E-state index is 0.814. The molecule has 0 bridgehead atoms. The summed E-state index contributed by atoms with van der Waals surface area (Å²) < 4.78 is 0. The molecular formula is C19H24BNS. The molecule has 4 rings (SSSR count). The van der Waals surface area contributed by atoms with Gasteiger partial charge in [-0.05, 0) is 72.7 Å². The van der Waals surface area contributed by atoms with Crippen LogP contribution in [0.2, 0.25) is 0 Å². The lowest BCUT2D eigenvalue weighted by atomic mass is 9.83. The molecule has 2 aliphatic rings. The molecule has 3 heteroatoms. The standard InChI is InChI=1S/C19H24BNS/c20-18-5-1-4-15-13-21(11-8-16(15)18)10-7-14-3-2-6-19-17(14)9-12-22-19/h1,4-5,9,12,14H,2-3,6-8,10-11,13,20H2. The zero-order valence-electron chi connectivity index (χ0n) is 13.5. The molecule has 1 aliphatic heterocycles. The summed E-state index contributed by atoms with van der Waals surface area (Å²) in [7, 11) is 2.26. The third kappa shape index (κ3) is 2.77. The molecular weight excluding hydrogens is 285 g/mol. The van der Waals surface area contributed by atoms with Gasteiger partial charge in [0.1, 0.15) is 7.85 Å². The lowest BCUT2D eigenvalue weighted by Gasteiger charge is -2.32. The van der Waals surface area contributed by atoms with Gasteiger partial charge in [-0.25, -0.2) is 0 Å². The summed E-state index contributed by atoms with van der Waals surface area (Å²) in [4.78, 5) is 4.33. The molecule has 0 fully saturated rings. The molecule has 1 nitrogen and oxygen atoms in total. The molecule has 0 amide bonds. The number of thiophene rings is 1. The van der Waals surface area contributed by atoms with Gasteiger partial charge in [0.2, 0.25) is 0 Å². The van der Waals surface area contributed by atoms with Crippen LogP contribution in [0.4, 0.5) is 0 Å². The van der Waals surface area contributed by atoms with Crippen LogP contribution in [-0.4, -0.2) is 25.8 Å². The third-order valence-electron chi connectivity index (χ3n) is 5.55. The monoisotopic (exact) mass is 309 g/mol. The fourth-order valence-corrected chi connectivity index (χ4v) is 5.28. The summed E-state index contributed by atoms with van der Waals surface area (Å²) in [6.45, 7) is 3.65. The lowest BCUT2D eigenvalue weighted by molar-refractivity contribution is 0.241. The zero-order valence-corrected chi connectivity index (χ0v) is 14.3. The van der Waals surface area contributed by atoms with Gasteiger partial charge in [-0.2, -0.15) is 0 Å². The fraction of sp³-hybridized carbons (Fsp3) is 0.474. The summed E-state index contributed by atoms with van der Waals surface area (Å²) in [5.41, 5.74) is 6.32. The maximum absolute atomic E-state index is 2.67. The largest absolute Gasteiger partial charge is 0.299 e. The van der Waals surface area contributed by atoms with Gasteiger partial charge in [-0.15, -0.1) is 11.3 Å². The zero-order chi connectivity index (χ0) is 14.9. The van der Waals surface area contributed by atoms with Gasteiger partial charge >= 0.3 is 0 Å². The average Bonchev–Trinajstić information content (AvgIpc) is 3.02. The molecule has 0 radical (unpaired) electrons. The molecule has 1 unspecified atom stereocenters. The maximum atomic E-state index is 2.67. The van der Waals surface area contributed by atoms with E-state index in [2.05, 4.69) is 42.4 Å². The molecule has 1 aromatic carbocycles. The van der Waals surface area contributed by atoms with Crippen molar-refractivity contribution >= 4 is 24.6 Å². The quantitative estimate of drug-likeness (QED) is 0.788. The first-order chi connectivity index (χ1) is 10.8. The first kappa shape index (κ1) is 14.5. The van der Waals surface area contributed by atoms with Crippen molar-refractivity contribution in [3.8, 4) is 0 Å². The summed E-state index contributed by atoms with van der Waals surface area (Å²) in [6.07, 6.45) is 6.68. The molecule has 2 heterocycles. The van der Waals surface area contributed by atoms with Gasteiger partial charge in [0, 0.05) is 18.0 Å².